The van der Waals surface area contributed by atoms with E-state index in [1.54, 1.807) is 12.3 Å². The first-order valence-electron chi connectivity index (χ1n) is 4.70. The van der Waals surface area contributed by atoms with Crippen molar-refractivity contribution in [1.29, 1.82) is 5.26 Å². The van der Waals surface area contributed by atoms with E-state index in [0.717, 1.165) is 11.3 Å². The van der Waals surface area contributed by atoms with Gasteiger partial charge in [0, 0.05) is 18.5 Å². The van der Waals surface area contributed by atoms with E-state index < -0.39 is 0 Å². The summed E-state index contributed by atoms with van der Waals surface area (Å²) in [4.78, 5) is 4.42. The number of imidazole rings is 1. The number of hydrogen-bond donors (Lipinski definition) is 0. The predicted molar refractivity (Wildman–Crippen MR) is 59.0 cm³/mol. The Kier molecular flexibility index (Phi) is 2.37. The average Bonchev–Trinajstić information content (AvgIpc) is 2.59. The molecule has 2 aromatic rings. The minimum atomic E-state index is 0.370. The molecule has 2 aromatic heterocycles. The maximum absolute atomic E-state index is 8.82. The fourth-order valence-corrected chi connectivity index (χ4v) is 1.59. The molecule has 0 saturated carbocycles. The lowest BCUT2D eigenvalue weighted by Crippen LogP contribution is -1.85. The Morgan fingerprint density at radius 2 is 2.20 bits per heavy atom. The van der Waals surface area contributed by atoms with Crippen molar-refractivity contribution in [2.24, 2.45) is 0 Å². The van der Waals surface area contributed by atoms with Crippen LogP contribution in [0.4, 0.5) is 0 Å². The summed E-state index contributed by atoms with van der Waals surface area (Å²) in [6.07, 6.45) is 3.65. The van der Waals surface area contributed by atoms with Gasteiger partial charge in [0.05, 0.1) is 16.3 Å². The van der Waals surface area contributed by atoms with Gasteiger partial charge < -0.3 is 4.40 Å². The van der Waals surface area contributed by atoms with Crippen molar-refractivity contribution in [3.63, 3.8) is 0 Å². The lowest BCUT2D eigenvalue weighted by Gasteiger charge is -1.95. The van der Waals surface area contributed by atoms with Crippen LogP contribution in [-0.4, -0.2) is 9.38 Å². The molecular formula is C11H10ClN3. The highest BCUT2D eigenvalue weighted by molar-refractivity contribution is 6.31. The summed E-state index contributed by atoms with van der Waals surface area (Å²) >= 11 is 5.92. The molecule has 3 nitrogen and oxygen atoms in total. The van der Waals surface area contributed by atoms with Crippen molar-refractivity contribution in [2.75, 3.05) is 0 Å². The van der Waals surface area contributed by atoms with Gasteiger partial charge in [-0.25, -0.2) is 4.98 Å². The molecule has 0 aliphatic carbocycles. The van der Waals surface area contributed by atoms with Crippen LogP contribution in [0.3, 0.4) is 0 Å². The van der Waals surface area contributed by atoms with Crippen LogP contribution in [0.2, 0.25) is 5.02 Å². The second-order valence-corrected chi connectivity index (χ2v) is 4.14. The van der Waals surface area contributed by atoms with Gasteiger partial charge in [-0.1, -0.05) is 25.4 Å². The highest BCUT2D eigenvalue weighted by Crippen LogP contribution is 2.20. The van der Waals surface area contributed by atoms with Crippen molar-refractivity contribution in [3.05, 3.63) is 34.7 Å². The van der Waals surface area contributed by atoms with Gasteiger partial charge in [0.25, 0.3) is 0 Å². The molecule has 0 unspecified atom stereocenters. The van der Waals surface area contributed by atoms with Crippen molar-refractivity contribution in [3.8, 4) is 6.07 Å². The second-order valence-electron chi connectivity index (χ2n) is 3.73. The van der Waals surface area contributed by atoms with Gasteiger partial charge in [0.15, 0.2) is 0 Å². The van der Waals surface area contributed by atoms with Crippen LogP contribution >= 0.6 is 11.6 Å². The maximum atomic E-state index is 8.82. The van der Waals surface area contributed by atoms with Crippen LogP contribution in [0.5, 0.6) is 0 Å². The highest BCUT2D eigenvalue weighted by atomic mass is 35.5. The Morgan fingerprint density at radius 1 is 1.47 bits per heavy atom. The number of nitrogens with zero attached hydrogens (tertiary/aromatic N) is 3. The van der Waals surface area contributed by atoms with E-state index in [1.165, 1.54) is 0 Å². The molecule has 0 radical (unpaired) electrons. The molecule has 0 spiro atoms. The van der Waals surface area contributed by atoms with Crippen LogP contribution in [0, 0.1) is 11.3 Å². The highest BCUT2D eigenvalue weighted by Gasteiger charge is 2.08. The smallest absolute Gasteiger partial charge is 0.138 e. The zero-order valence-corrected chi connectivity index (χ0v) is 9.28. The van der Waals surface area contributed by atoms with Crippen LogP contribution in [0.1, 0.15) is 31.0 Å². The molecule has 0 atom stereocenters. The third-order valence-electron chi connectivity index (χ3n) is 2.27. The largest absolute Gasteiger partial charge is 0.305 e. The minimum absolute atomic E-state index is 0.370. The van der Waals surface area contributed by atoms with E-state index in [9.17, 15) is 0 Å². The predicted octanol–water partition coefficient (Wildman–Crippen LogP) is 2.98. The third-order valence-corrected chi connectivity index (χ3v) is 2.58. The van der Waals surface area contributed by atoms with Gasteiger partial charge in [-0.2, -0.15) is 5.26 Å². The summed E-state index contributed by atoms with van der Waals surface area (Å²) in [6.45, 7) is 4.16. The summed E-state index contributed by atoms with van der Waals surface area (Å²) in [5.41, 5.74) is 2.23. The Labute approximate surface area is 92.9 Å². The quantitative estimate of drug-likeness (QED) is 0.740. The van der Waals surface area contributed by atoms with E-state index in [2.05, 4.69) is 18.8 Å². The zero-order chi connectivity index (χ0) is 11.0. The van der Waals surface area contributed by atoms with E-state index in [-0.39, 0.29) is 0 Å². The molecule has 0 aliphatic rings. The first-order chi connectivity index (χ1) is 7.11. The average molecular weight is 220 g/mol. The first kappa shape index (κ1) is 10.0. The SMILES string of the molecule is CC(C)c1cn2cc(Cl)c(C#N)cc2n1. The van der Waals surface area contributed by atoms with Crippen LogP contribution in [0.15, 0.2) is 18.5 Å². The lowest BCUT2D eigenvalue weighted by atomic mass is 10.2. The molecule has 0 fully saturated rings. The zero-order valence-electron chi connectivity index (χ0n) is 8.53. The number of rotatable bonds is 1. The Balaban J connectivity index is 2.68. The number of pyridine rings is 1. The number of fused-ring (bicyclic) bond motifs is 1. The Hall–Kier alpha value is -1.53. The summed E-state index contributed by atoms with van der Waals surface area (Å²) < 4.78 is 1.85. The summed E-state index contributed by atoms with van der Waals surface area (Å²) in [6, 6.07) is 3.74. The number of hydrogen-bond acceptors (Lipinski definition) is 2. The Bertz CT molecular complexity index is 549. The van der Waals surface area contributed by atoms with E-state index in [4.69, 9.17) is 16.9 Å². The minimum Gasteiger partial charge on any atom is -0.305 e. The van der Waals surface area contributed by atoms with Gasteiger partial charge in [0.1, 0.15) is 11.7 Å². The van der Waals surface area contributed by atoms with Crippen LogP contribution in [0.25, 0.3) is 5.65 Å². The fraction of sp³-hybridized carbons (Fsp3) is 0.273. The summed E-state index contributed by atoms with van der Waals surface area (Å²) in [5, 5.41) is 9.28. The van der Waals surface area contributed by atoms with Crippen molar-refractivity contribution in [1.82, 2.24) is 9.38 Å². The molecular weight excluding hydrogens is 210 g/mol. The molecule has 2 rings (SSSR count). The number of halogens is 1. The molecule has 0 bridgehead atoms. The van der Waals surface area contributed by atoms with Gasteiger partial charge in [-0.3, -0.25) is 0 Å². The Morgan fingerprint density at radius 3 is 2.80 bits per heavy atom. The van der Waals surface area contributed by atoms with Gasteiger partial charge >= 0.3 is 0 Å². The number of aromatic nitrogens is 2. The van der Waals surface area contributed by atoms with Gasteiger partial charge in [-0.05, 0) is 5.92 Å². The second kappa shape index (κ2) is 3.56. The van der Waals surface area contributed by atoms with Crippen molar-refractivity contribution >= 4 is 17.2 Å². The molecule has 2 heterocycles. The van der Waals surface area contributed by atoms with Crippen LogP contribution in [-0.2, 0) is 0 Å². The molecule has 4 heteroatoms. The van der Waals surface area contributed by atoms with Gasteiger partial charge in [-0.15, -0.1) is 0 Å². The summed E-state index contributed by atoms with van der Waals surface area (Å²) in [5.74, 6) is 0.370. The van der Waals surface area contributed by atoms with Crippen LogP contribution < -0.4 is 0 Å². The van der Waals surface area contributed by atoms with E-state index in [1.807, 2.05) is 16.7 Å². The summed E-state index contributed by atoms with van der Waals surface area (Å²) in [7, 11) is 0. The van der Waals surface area contributed by atoms with E-state index >= 15 is 0 Å². The molecule has 0 N–H and O–H groups in total. The maximum Gasteiger partial charge on any atom is 0.138 e. The standard InChI is InChI=1S/C11H10ClN3/c1-7(2)10-6-15-5-9(12)8(4-13)3-11(15)14-10/h3,5-7H,1-2H3. The molecule has 0 saturated heterocycles. The monoisotopic (exact) mass is 219 g/mol. The molecule has 76 valence electrons. The first-order valence-corrected chi connectivity index (χ1v) is 5.08. The molecule has 0 aromatic carbocycles. The third kappa shape index (κ3) is 1.69. The fourth-order valence-electron chi connectivity index (χ4n) is 1.39. The number of nitriles is 1. The molecule has 0 amide bonds. The molecule has 15 heavy (non-hydrogen) atoms. The van der Waals surface area contributed by atoms with Gasteiger partial charge in [0.2, 0.25) is 0 Å². The molecule has 0 aliphatic heterocycles. The normalized spacial score (nSPS) is 10.9. The van der Waals surface area contributed by atoms with Crippen molar-refractivity contribution in [2.45, 2.75) is 19.8 Å². The van der Waals surface area contributed by atoms with Crippen molar-refractivity contribution < 1.29 is 0 Å². The van der Waals surface area contributed by atoms with E-state index in [0.29, 0.717) is 16.5 Å². The lowest BCUT2D eigenvalue weighted by molar-refractivity contribution is 0.834. The topological polar surface area (TPSA) is 41.1 Å².